The Bertz CT molecular complexity index is 212. The first-order valence-electron chi connectivity index (χ1n) is 6.37. The molecule has 1 amide bonds. The molecule has 1 saturated heterocycles. The fourth-order valence-corrected chi connectivity index (χ4v) is 2.67. The third-order valence-electron chi connectivity index (χ3n) is 3.66. The van der Waals surface area contributed by atoms with E-state index in [0.29, 0.717) is 0 Å². The Morgan fingerprint density at radius 3 is 2.67 bits per heavy atom. The maximum Gasteiger partial charge on any atom is 0.237 e. The van der Waals surface area contributed by atoms with Gasteiger partial charge in [0.25, 0.3) is 0 Å². The number of nitrogens with one attached hydrogen (secondary N) is 2. The van der Waals surface area contributed by atoms with Crippen LogP contribution < -0.4 is 10.6 Å². The summed E-state index contributed by atoms with van der Waals surface area (Å²) in [6.45, 7) is 1.90. The quantitative estimate of drug-likeness (QED) is 0.740. The van der Waals surface area contributed by atoms with Crippen LogP contribution in [0.5, 0.6) is 0 Å². The van der Waals surface area contributed by atoms with Crippen molar-refractivity contribution >= 4 is 5.91 Å². The summed E-state index contributed by atoms with van der Waals surface area (Å²) in [6, 6.07) is 0.0840. The second-order valence-electron chi connectivity index (χ2n) is 4.90. The van der Waals surface area contributed by atoms with Gasteiger partial charge in [0.05, 0.1) is 6.04 Å². The smallest absolute Gasteiger partial charge is 0.237 e. The second kappa shape index (κ2) is 5.50. The molecule has 1 heterocycles. The van der Waals surface area contributed by atoms with Gasteiger partial charge >= 0.3 is 0 Å². The highest BCUT2D eigenvalue weighted by Gasteiger charge is 2.22. The van der Waals surface area contributed by atoms with Gasteiger partial charge in [0.1, 0.15) is 0 Å². The summed E-state index contributed by atoms with van der Waals surface area (Å²) in [7, 11) is 0. The molecule has 1 atom stereocenters. The first kappa shape index (κ1) is 10.9. The highest BCUT2D eigenvalue weighted by molar-refractivity contribution is 5.82. The Kier molecular flexibility index (Phi) is 4.01. The fraction of sp³-hybridized carbons (Fsp3) is 0.917. The minimum Gasteiger partial charge on any atom is -0.355 e. The third kappa shape index (κ3) is 3.20. The normalized spacial score (nSPS) is 28.8. The van der Waals surface area contributed by atoms with Crippen LogP contribution in [0.1, 0.15) is 44.9 Å². The summed E-state index contributed by atoms with van der Waals surface area (Å²) in [5.74, 6) is 1.02. The Balaban J connectivity index is 1.69. The molecule has 86 valence electrons. The number of rotatable bonds is 3. The Labute approximate surface area is 92.0 Å². The lowest BCUT2D eigenvalue weighted by molar-refractivity contribution is -0.124. The highest BCUT2D eigenvalue weighted by Crippen LogP contribution is 2.23. The van der Waals surface area contributed by atoms with E-state index in [2.05, 4.69) is 10.6 Å². The van der Waals surface area contributed by atoms with E-state index in [9.17, 15) is 4.79 Å². The molecule has 15 heavy (non-hydrogen) atoms. The highest BCUT2D eigenvalue weighted by atomic mass is 16.2. The Hall–Kier alpha value is -0.570. The SMILES string of the molecule is O=C1NCCCC1NCC1CCCCC1. The lowest BCUT2D eigenvalue weighted by Gasteiger charge is -2.27. The van der Waals surface area contributed by atoms with Crippen molar-refractivity contribution < 1.29 is 4.79 Å². The molecule has 2 fully saturated rings. The molecule has 2 aliphatic rings. The van der Waals surface area contributed by atoms with E-state index in [1.165, 1.54) is 32.1 Å². The van der Waals surface area contributed by atoms with Gasteiger partial charge < -0.3 is 10.6 Å². The van der Waals surface area contributed by atoms with E-state index >= 15 is 0 Å². The predicted molar refractivity (Wildman–Crippen MR) is 60.6 cm³/mol. The Morgan fingerprint density at radius 1 is 1.13 bits per heavy atom. The lowest BCUT2D eigenvalue weighted by Crippen LogP contribution is -2.49. The van der Waals surface area contributed by atoms with Gasteiger partial charge in [-0.05, 0) is 38.1 Å². The summed E-state index contributed by atoms with van der Waals surface area (Å²) >= 11 is 0. The van der Waals surface area contributed by atoms with Crippen LogP contribution in [0.15, 0.2) is 0 Å². The van der Waals surface area contributed by atoms with Gasteiger partial charge in [0, 0.05) is 6.54 Å². The van der Waals surface area contributed by atoms with Crippen molar-refractivity contribution in [2.24, 2.45) is 5.92 Å². The van der Waals surface area contributed by atoms with Gasteiger partial charge in [-0.25, -0.2) is 0 Å². The molecule has 3 nitrogen and oxygen atoms in total. The number of piperidine rings is 1. The topological polar surface area (TPSA) is 41.1 Å². The molecule has 1 aliphatic heterocycles. The molecule has 1 aliphatic carbocycles. The number of carbonyl (C=O) groups is 1. The largest absolute Gasteiger partial charge is 0.355 e. The number of amides is 1. The van der Waals surface area contributed by atoms with E-state index in [1.807, 2.05) is 0 Å². The fourth-order valence-electron chi connectivity index (χ4n) is 2.67. The molecule has 0 aromatic carbocycles. The molecule has 0 aromatic rings. The van der Waals surface area contributed by atoms with E-state index in [4.69, 9.17) is 0 Å². The van der Waals surface area contributed by atoms with Crippen LogP contribution in [0.3, 0.4) is 0 Å². The minimum absolute atomic E-state index is 0.0840. The molecule has 1 unspecified atom stereocenters. The second-order valence-corrected chi connectivity index (χ2v) is 4.90. The van der Waals surface area contributed by atoms with Crippen LogP contribution >= 0.6 is 0 Å². The zero-order chi connectivity index (χ0) is 10.5. The Morgan fingerprint density at radius 2 is 1.93 bits per heavy atom. The summed E-state index contributed by atoms with van der Waals surface area (Å²) in [4.78, 5) is 11.5. The van der Waals surface area contributed by atoms with Gasteiger partial charge in [0.2, 0.25) is 5.91 Å². The van der Waals surface area contributed by atoms with Crippen molar-refractivity contribution in [2.45, 2.75) is 51.0 Å². The van der Waals surface area contributed by atoms with Crippen molar-refractivity contribution in [2.75, 3.05) is 13.1 Å². The molecule has 2 N–H and O–H groups in total. The van der Waals surface area contributed by atoms with Crippen LogP contribution in [0.25, 0.3) is 0 Å². The van der Waals surface area contributed by atoms with Crippen molar-refractivity contribution in [3.05, 3.63) is 0 Å². The van der Waals surface area contributed by atoms with Crippen LogP contribution in [-0.4, -0.2) is 25.0 Å². The minimum atomic E-state index is 0.0840. The van der Waals surface area contributed by atoms with Gasteiger partial charge in [-0.2, -0.15) is 0 Å². The van der Waals surface area contributed by atoms with E-state index in [1.54, 1.807) is 0 Å². The van der Waals surface area contributed by atoms with Gasteiger partial charge in [-0.15, -0.1) is 0 Å². The monoisotopic (exact) mass is 210 g/mol. The maximum atomic E-state index is 11.5. The molecule has 0 bridgehead atoms. The lowest BCUT2D eigenvalue weighted by atomic mass is 9.89. The molecule has 3 heteroatoms. The number of carbonyl (C=O) groups excluding carboxylic acids is 1. The summed E-state index contributed by atoms with van der Waals surface area (Å²) in [5, 5.41) is 6.35. The zero-order valence-corrected chi connectivity index (χ0v) is 9.43. The van der Waals surface area contributed by atoms with Crippen molar-refractivity contribution in [1.29, 1.82) is 0 Å². The van der Waals surface area contributed by atoms with Crippen molar-refractivity contribution in [3.63, 3.8) is 0 Å². The average Bonchev–Trinajstić information content (AvgIpc) is 2.29. The van der Waals surface area contributed by atoms with Crippen molar-refractivity contribution in [3.8, 4) is 0 Å². The molecule has 0 spiro atoms. The standard InChI is InChI=1S/C12H22N2O/c15-12-11(7-4-8-13-12)14-9-10-5-2-1-3-6-10/h10-11,14H,1-9H2,(H,13,15). The number of hydrogen-bond acceptors (Lipinski definition) is 2. The molecular weight excluding hydrogens is 188 g/mol. The third-order valence-corrected chi connectivity index (χ3v) is 3.66. The van der Waals surface area contributed by atoms with Gasteiger partial charge in [-0.1, -0.05) is 19.3 Å². The van der Waals surface area contributed by atoms with E-state index in [-0.39, 0.29) is 11.9 Å². The molecule has 0 aromatic heterocycles. The number of hydrogen-bond donors (Lipinski definition) is 2. The van der Waals surface area contributed by atoms with Gasteiger partial charge in [0.15, 0.2) is 0 Å². The average molecular weight is 210 g/mol. The molecule has 0 radical (unpaired) electrons. The molecule has 2 rings (SSSR count). The van der Waals surface area contributed by atoms with E-state index in [0.717, 1.165) is 31.8 Å². The summed E-state index contributed by atoms with van der Waals surface area (Å²) in [6.07, 6.45) is 8.99. The van der Waals surface area contributed by atoms with Crippen LogP contribution in [0.4, 0.5) is 0 Å². The molecular formula is C12H22N2O. The van der Waals surface area contributed by atoms with Crippen molar-refractivity contribution in [1.82, 2.24) is 10.6 Å². The summed E-state index contributed by atoms with van der Waals surface area (Å²) in [5.41, 5.74) is 0. The first-order chi connectivity index (χ1) is 7.36. The van der Waals surface area contributed by atoms with Gasteiger partial charge in [-0.3, -0.25) is 4.79 Å². The van der Waals surface area contributed by atoms with E-state index < -0.39 is 0 Å². The van der Waals surface area contributed by atoms with Crippen LogP contribution in [0, 0.1) is 5.92 Å². The zero-order valence-electron chi connectivity index (χ0n) is 9.43. The molecule has 1 saturated carbocycles. The maximum absolute atomic E-state index is 11.5. The van der Waals surface area contributed by atoms with Crippen LogP contribution in [-0.2, 0) is 4.79 Å². The van der Waals surface area contributed by atoms with Crippen LogP contribution in [0.2, 0.25) is 0 Å². The first-order valence-corrected chi connectivity index (χ1v) is 6.37. The summed E-state index contributed by atoms with van der Waals surface area (Å²) < 4.78 is 0. The predicted octanol–water partition coefficient (Wildman–Crippen LogP) is 1.43.